The van der Waals surface area contributed by atoms with E-state index in [0.29, 0.717) is 29.5 Å². The summed E-state index contributed by atoms with van der Waals surface area (Å²) >= 11 is 0. The van der Waals surface area contributed by atoms with E-state index in [1.54, 1.807) is 39.8 Å². The van der Waals surface area contributed by atoms with Gasteiger partial charge in [-0.1, -0.05) is 38.1 Å². The number of halogens is 1. The fourth-order valence-corrected chi connectivity index (χ4v) is 8.10. The largest absolute Gasteiger partial charge is 0.444 e. The van der Waals surface area contributed by atoms with E-state index in [1.807, 2.05) is 13.8 Å². The van der Waals surface area contributed by atoms with E-state index in [2.05, 4.69) is 21.9 Å². The summed E-state index contributed by atoms with van der Waals surface area (Å²) in [7, 11) is -3.94. The number of ether oxygens (including phenoxy) is 2. The second kappa shape index (κ2) is 14.1. The minimum absolute atomic E-state index is 0.0138. The molecule has 0 aromatic heterocycles. The quantitative estimate of drug-likeness (QED) is 0.288. The van der Waals surface area contributed by atoms with Crippen LogP contribution in [-0.4, -0.2) is 89.2 Å². The van der Waals surface area contributed by atoms with E-state index in [1.165, 1.54) is 15.9 Å². The van der Waals surface area contributed by atoms with Crippen molar-refractivity contribution in [3.63, 3.8) is 0 Å². The summed E-state index contributed by atoms with van der Waals surface area (Å²) in [5.74, 6) is -3.36. The zero-order valence-corrected chi connectivity index (χ0v) is 30.7. The Kier molecular flexibility index (Phi) is 10.5. The van der Waals surface area contributed by atoms with Gasteiger partial charge in [0.25, 0.3) is 5.91 Å². The smallest absolute Gasteiger partial charge is 0.410 e. The lowest BCUT2D eigenvalue weighted by atomic mass is 10.0. The summed E-state index contributed by atoms with van der Waals surface area (Å²) < 4.78 is 53.1. The van der Waals surface area contributed by atoms with Crippen molar-refractivity contribution >= 4 is 39.9 Å². The summed E-state index contributed by atoms with van der Waals surface area (Å²) in [6.45, 7) is 14.2. The molecule has 16 heteroatoms. The molecule has 280 valence electrons. The second-order valence-corrected chi connectivity index (χ2v) is 17.5. The highest BCUT2D eigenvalue weighted by atomic mass is 32.2. The standard InChI is InChI=1S/C35H48FN5O9S/c1-19(2)13-27(37-32(45)50-34(5,6)7)30(43)41-17-22(49-33(46)40-16-21-9-8-10-26(36)24(21)18-40)14-28(41)29(42)38-35(15-25(35)20(3)4)31(44)39-51(47,48)23-11-12-23/h8-10,19,22-23,25,27-28H,3,11-18H2,1-2,4-7H3,(H,37,45)(H,38,42)(H,39,44). The molecule has 4 aliphatic rings. The van der Waals surface area contributed by atoms with Crippen molar-refractivity contribution in [3.8, 4) is 0 Å². The van der Waals surface area contributed by atoms with Crippen molar-refractivity contribution in [2.75, 3.05) is 6.54 Å². The summed E-state index contributed by atoms with van der Waals surface area (Å²) in [4.78, 5) is 70.6. The number of carbonyl (C=O) groups excluding carboxylic acids is 5. The molecule has 5 unspecified atom stereocenters. The number of rotatable bonds is 11. The first kappa shape index (κ1) is 38.0. The molecule has 5 amide bonds. The molecule has 2 aliphatic carbocycles. The van der Waals surface area contributed by atoms with Crippen LogP contribution in [-0.2, 0) is 47.0 Å². The van der Waals surface area contributed by atoms with Gasteiger partial charge in [-0.2, -0.15) is 0 Å². The molecule has 1 aromatic carbocycles. The lowest BCUT2D eigenvalue weighted by Gasteiger charge is -2.31. The van der Waals surface area contributed by atoms with Gasteiger partial charge in [-0.25, -0.2) is 22.4 Å². The first-order valence-corrected chi connectivity index (χ1v) is 18.8. The molecule has 5 atom stereocenters. The van der Waals surface area contributed by atoms with E-state index in [-0.39, 0.29) is 44.8 Å². The number of likely N-dealkylation sites (tertiary alicyclic amines) is 1. The number of sulfonamides is 1. The number of benzene rings is 1. The maximum atomic E-state index is 14.4. The highest BCUT2D eigenvalue weighted by Gasteiger charge is 2.63. The number of nitrogens with one attached hydrogen (secondary N) is 3. The summed E-state index contributed by atoms with van der Waals surface area (Å²) in [5.41, 5.74) is -0.896. The van der Waals surface area contributed by atoms with E-state index in [4.69, 9.17) is 9.47 Å². The van der Waals surface area contributed by atoms with Gasteiger partial charge in [-0.05, 0) is 70.9 Å². The minimum atomic E-state index is -3.94. The maximum absolute atomic E-state index is 14.4. The van der Waals surface area contributed by atoms with Gasteiger partial charge < -0.3 is 25.0 Å². The fourth-order valence-electron chi connectivity index (χ4n) is 6.73. The van der Waals surface area contributed by atoms with Gasteiger partial charge in [0, 0.05) is 24.4 Å². The van der Waals surface area contributed by atoms with Gasteiger partial charge in [-0.15, -0.1) is 0 Å². The molecule has 0 bridgehead atoms. The number of hydrogen-bond donors (Lipinski definition) is 3. The number of hydrogen-bond acceptors (Lipinski definition) is 9. The Morgan fingerprint density at radius 1 is 1.12 bits per heavy atom. The molecule has 5 rings (SSSR count). The lowest BCUT2D eigenvalue weighted by Crippen LogP contribution is -2.58. The summed E-state index contributed by atoms with van der Waals surface area (Å²) in [5, 5.41) is 4.68. The van der Waals surface area contributed by atoms with Crippen LogP contribution in [0.2, 0.25) is 0 Å². The third-order valence-corrected chi connectivity index (χ3v) is 11.3. The van der Waals surface area contributed by atoms with Crippen LogP contribution in [0.15, 0.2) is 30.4 Å². The third-order valence-electron chi connectivity index (χ3n) is 9.50. The van der Waals surface area contributed by atoms with Crippen molar-refractivity contribution in [1.29, 1.82) is 0 Å². The van der Waals surface area contributed by atoms with Crippen LogP contribution in [0.1, 0.15) is 84.8 Å². The summed E-state index contributed by atoms with van der Waals surface area (Å²) in [6, 6.07) is 2.19. The number of carbonyl (C=O) groups is 5. The molecule has 3 N–H and O–H groups in total. The minimum Gasteiger partial charge on any atom is -0.444 e. The molecular formula is C35H48FN5O9S. The van der Waals surface area contributed by atoms with Gasteiger partial charge in [0.05, 0.1) is 18.3 Å². The Bertz CT molecular complexity index is 1720. The normalized spacial score (nSPS) is 24.7. The van der Waals surface area contributed by atoms with Crippen molar-refractivity contribution < 1.29 is 46.3 Å². The van der Waals surface area contributed by atoms with E-state index in [9.17, 15) is 36.8 Å². The van der Waals surface area contributed by atoms with Crippen molar-refractivity contribution in [3.05, 3.63) is 47.3 Å². The van der Waals surface area contributed by atoms with E-state index in [0.717, 1.165) is 0 Å². The molecule has 2 saturated carbocycles. The Hall–Kier alpha value is -4.21. The SMILES string of the molecule is C=C(C)C1CC1(NC(=O)C1CC(OC(=O)N2Cc3cccc(F)c3C2)CN1C(=O)C(CC(C)C)NC(=O)OC(C)(C)C)C(=O)NS(=O)(=O)C1CC1. The summed E-state index contributed by atoms with van der Waals surface area (Å²) in [6.07, 6.45) is -1.59. The molecule has 0 spiro atoms. The van der Waals surface area contributed by atoms with Gasteiger partial charge in [0.15, 0.2) is 0 Å². The van der Waals surface area contributed by atoms with Crippen LogP contribution in [0.5, 0.6) is 0 Å². The molecule has 1 aromatic rings. The molecule has 14 nitrogen and oxygen atoms in total. The molecule has 51 heavy (non-hydrogen) atoms. The molecule has 1 saturated heterocycles. The topological polar surface area (TPSA) is 181 Å². The predicted molar refractivity (Wildman–Crippen MR) is 183 cm³/mol. The van der Waals surface area contributed by atoms with Crippen molar-refractivity contribution in [2.45, 2.75) is 121 Å². The Balaban J connectivity index is 1.38. The maximum Gasteiger partial charge on any atom is 0.410 e. The highest BCUT2D eigenvalue weighted by molar-refractivity contribution is 7.91. The fraction of sp³-hybridized carbons (Fsp3) is 0.629. The molecular weight excluding hydrogens is 685 g/mol. The van der Waals surface area contributed by atoms with Crippen LogP contribution in [0.4, 0.5) is 14.0 Å². The first-order chi connectivity index (χ1) is 23.7. The molecule has 3 fully saturated rings. The van der Waals surface area contributed by atoms with Gasteiger partial charge in [0.1, 0.15) is 35.1 Å². The van der Waals surface area contributed by atoms with Crippen LogP contribution in [0.25, 0.3) is 0 Å². The molecule has 2 heterocycles. The highest BCUT2D eigenvalue weighted by Crippen LogP contribution is 2.48. The predicted octanol–water partition coefficient (Wildman–Crippen LogP) is 3.25. The average Bonchev–Trinajstić information content (AvgIpc) is 3.90. The Morgan fingerprint density at radius 2 is 1.80 bits per heavy atom. The van der Waals surface area contributed by atoms with Crippen LogP contribution in [0, 0.1) is 17.7 Å². The van der Waals surface area contributed by atoms with Crippen LogP contribution in [0.3, 0.4) is 0 Å². The molecule has 2 aliphatic heterocycles. The zero-order valence-electron chi connectivity index (χ0n) is 29.9. The van der Waals surface area contributed by atoms with E-state index < -0.39 is 86.2 Å². The van der Waals surface area contributed by atoms with Gasteiger partial charge in [0.2, 0.25) is 21.8 Å². The van der Waals surface area contributed by atoms with Crippen LogP contribution >= 0.6 is 0 Å². The number of nitrogens with zero attached hydrogens (tertiary/aromatic N) is 2. The Morgan fingerprint density at radius 3 is 2.37 bits per heavy atom. The zero-order chi connectivity index (χ0) is 37.6. The van der Waals surface area contributed by atoms with Gasteiger partial charge >= 0.3 is 12.2 Å². The number of amides is 5. The average molecular weight is 734 g/mol. The van der Waals surface area contributed by atoms with Crippen LogP contribution < -0.4 is 15.4 Å². The van der Waals surface area contributed by atoms with Crippen molar-refractivity contribution in [2.24, 2.45) is 11.8 Å². The number of fused-ring (bicyclic) bond motifs is 1. The lowest BCUT2D eigenvalue weighted by molar-refractivity contribution is -0.141. The van der Waals surface area contributed by atoms with Gasteiger partial charge in [-0.3, -0.25) is 24.0 Å². The van der Waals surface area contributed by atoms with Crippen molar-refractivity contribution in [1.82, 2.24) is 25.2 Å². The first-order valence-electron chi connectivity index (χ1n) is 17.3. The second-order valence-electron chi connectivity index (χ2n) is 15.5. The number of alkyl carbamates (subject to hydrolysis) is 1. The van der Waals surface area contributed by atoms with E-state index >= 15 is 0 Å². The molecule has 0 radical (unpaired) electrons. The monoisotopic (exact) mass is 733 g/mol. The third kappa shape index (κ3) is 8.64. The Labute approximate surface area is 297 Å².